The van der Waals surface area contributed by atoms with E-state index in [1.54, 1.807) is 7.11 Å². The van der Waals surface area contributed by atoms with Gasteiger partial charge in [0.2, 0.25) is 5.91 Å². The van der Waals surface area contributed by atoms with E-state index in [-0.39, 0.29) is 5.91 Å². The van der Waals surface area contributed by atoms with Crippen molar-refractivity contribution in [3.8, 4) is 5.75 Å². The molecule has 138 valence electrons. The van der Waals surface area contributed by atoms with Crippen LogP contribution in [0.1, 0.15) is 5.56 Å². The number of rotatable bonds is 6. The van der Waals surface area contributed by atoms with Crippen LogP contribution >= 0.6 is 15.9 Å². The molecule has 1 amide bonds. The normalized spacial score (nSPS) is 11.2. The van der Waals surface area contributed by atoms with Crippen LogP contribution in [-0.4, -0.2) is 29.1 Å². The van der Waals surface area contributed by atoms with E-state index in [0.717, 1.165) is 38.4 Å². The van der Waals surface area contributed by atoms with Crippen LogP contribution in [0.15, 0.2) is 59.3 Å². The van der Waals surface area contributed by atoms with Gasteiger partial charge in [0.1, 0.15) is 12.3 Å². The fourth-order valence-electron chi connectivity index (χ4n) is 3.33. The lowest BCUT2D eigenvalue weighted by molar-refractivity contribution is -0.121. The number of amides is 1. The molecule has 4 aromatic rings. The number of aromatic nitrogens is 2. The van der Waals surface area contributed by atoms with Crippen molar-refractivity contribution in [2.45, 2.75) is 13.0 Å². The molecule has 0 aliphatic heterocycles. The molecule has 0 bridgehead atoms. The highest BCUT2D eigenvalue weighted by Crippen LogP contribution is 2.24. The predicted octanol–water partition coefficient (Wildman–Crippen LogP) is 4.25. The maximum Gasteiger partial charge on any atom is 0.239 e. The summed E-state index contributed by atoms with van der Waals surface area (Å²) in [6.45, 7) is 0.896. The number of nitrogens with one attached hydrogen (secondary N) is 2. The lowest BCUT2D eigenvalue weighted by Gasteiger charge is -2.08. The van der Waals surface area contributed by atoms with Gasteiger partial charge in [-0.05, 0) is 53.8 Å². The minimum atomic E-state index is 0.00453. The van der Waals surface area contributed by atoms with Gasteiger partial charge in [-0.25, -0.2) is 0 Å². The Bertz CT molecular complexity index is 1110. The van der Waals surface area contributed by atoms with Crippen molar-refractivity contribution in [2.75, 3.05) is 13.7 Å². The molecule has 4 rings (SSSR count). The number of methoxy groups -OCH3 is 1. The fraction of sp³-hybridized carbons (Fsp3) is 0.190. The standard InChI is InChI=1S/C21H20BrN3O2/c1-27-17-4-5-19-18(11-17)15(12-24-19)6-8-23-21(26)13-25-9-7-14-2-3-16(22)10-20(14)25/h2-5,7,9-12,24H,6,8,13H2,1H3,(H,23,26). The largest absolute Gasteiger partial charge is 0.497 e. The van der Waals surface area contributed by atoms with E-state index in [1.807, 2.05) is 59.4 Å². The van der Waals surface area contributed by atoms with Gasteiger partial charge in [-0.3, -0.25) is 4.79 Å². The molecule has 0 radical (unpaired) electrons. The highest BCUT2D eigenvalue weighted by atomic mass is 79.9. The van der Waals surface area contributed by atoms with Gasteiger partial charge < -0.3 is 19.6 Å². The number of aromatic amines is 1. The lowest BCUT2D eigenvalue weighted by atomic mass is 10.1. The van der Waals surface area contributed by atoms with E-state index in [1.165, 1.54) is 5.56 Å². The van der Waals surface area contributed by atoms with Gasteiger partial charge in [0.05, 0.1) is 7.11 Å². The zero-order valence-electron chi connectivity index (χ0n) is 15.0. The predicted molar refractivity (Wildman–Crippen MR) is 111 cm³/mol. The molecule has 0 atom stereocenters. The van der Waals surface area contributed by atoms with E-state index in [2.05, 4.69) is 26.2 Å². The van der Waals surface area contributed by atoms with Crippen LogP contribution in [0.5, 0.6) is 5.75 Å². The number of H-pyrrole nitrogens is 1. The molecule has 2 aromatic carbocycles. The molecule has 6 heteroatoms. The number of nitrogens with zero attached hydrogens (tertiary/aromatic N) is 1. The van der Waals surface area contributed by atoms with Gasteiger partial charge in [-0.15, -0.1) is 0 Å². The van der Waals surface area contributed by atoms with Crippen molar-refractivity contribution in [1.29, 1.82) is 0 Å². The second-order valence-electron chi connectivity index (χ2n) is 6.47. The van der Waals surface area contributed by atoms with Crippen LogP contribution in [0.4, 0.5) is 0 Å². The van der Waals surface area contributed by atoms with Gasteiger partial charge in [0.25, 0.3) is 0 Å². The Morgan fingerprint density at radius 3 is 2.96 bits per heavy atom. The van der Waals surface area contributed by atoms with Crippen LogP contribution in [0.25, 0.3) is 21.8 Å². The van der Waals surface area contributed by atoms with Crippen LogP contribution in [0.3, 0.4) is 0 Å². The maximum atomic E-state index is 12.4. The third-order valence-electron chi connectivity index (χ3n) is 4.74. The Morgan fingerprint density at radius 2 is 2.11 bits per heavy atom. The molecule has 2 heterocycles. The average molecular weight is 426 g/mol. The third-order valence-corrected chi connectivity index (χ3v) is 5.23. The van der Waals surface area contributed by atoms with Crippen LogP contribution in [0, 0.1) is 0 Å². The minimum absolute atomic E-state index is 0.00453. The van der Waals surface area contributed by atoms with E-state index < -0.39 is 0 Å². The first-order valence-corrected chi connectivity index (χ1v) is 9.58. The zero-order valence-corrected chi connectivity index (χ0v) is 16.5. The summed E-state index contributed by atoms with van der Waals surface area (Å²) < 4.78 is 8.27. The Hall–Kier alpha value is -2.73. The van der Waals surface area contributed by atoms with Gasteiger partial charge in [-0.1, -0.05) is 22.0 Å². The Balaban J connectivity index is 1.39. The minimum Gasteiger partial charge on any atom is -0.497 e. The summed E-state index contributed by atoms with van der Waals surface area (Å²) in [4.78, 5) is 15.6. The molecular weight excluding hydrogens is 406 g/mol. The van der Waals surface area contributed by atoms with Gasteiger partial charge in [0.15, 0.2) is 0 Å². The van der Waals surface area contributed by atoms with Crippen molar-refractivity contribution >= 4 is 43.6 Å². The first-order valence-electron chi connectivity index (χ1n) is 8.79. The molecule has 0 saturated heterocycles. The van der Waals surface area contributed by atoms with Gasteiger partial charge >= 0.3 is 0 Å². The van der Waals surface area contributed by atoms with E-state index >= 15 is 0 Å². The molecule has 5 nitrogen and oxygen atoms in total. The number of benzene rings is 2. The number of carbonyl (C=O) groups is 1. The maximum absolute atomic E-state index is 12.4. The summed E-state index contributed by atoms with van der Waals surface area (Å²) in [6, 6.07) is 14.1. The number of carbonyl (C=O) groups excluding carboxylic acids is 1. The van der Waals surface area contributed by atoms with Crippen LogP contribution in [0.2, 0.25) is 0 Å². The van der Waals surface area contributed by atoms with Gasteiger partial charge in [0, 0.05) is 39.8 Å². The highest BCUT2D eigenvalue weighted by Gasteiger charge is 2.08. The second-order valence-corrected chi connectivity index (χ2v) is 7.39. The summed E-state index contributed by atoms with van der Waals surface area (Å²) >= 11 is 3.49. The zero-order chi connectivity index (χ0) is 18.8. The van der Waals surface area contributed by atoms with E-state index in [4.69, 9.17) is 4.74 Å². The van der Waals surface area contributed by atoms with Crippen molar-refractivity contribution in [3.05, 3.63) is 64.9 Å². The topological polar surface area (TPSA) is 59.0 Å². The molecule has 0 fully saturated rings. The molecule has 0 aliphatic rings. The smallest absolute Gasteiger partial charge is 0.239 e. The first-order chi connectivity index (χ1) is 13.1. The Kier molecular flexibility index (Phi) is 4.90. The Morgan fingerprint density at radius 1 is 1.22 bits per heavy atom. The van der Waals surface area contributed by atoms with Crippen molar-refractivity contribution < 1.29 is 9.53 Å². The van der Waals surface area contributed by atoms with Crippen molar-refractivity contribution in [2.24, 2.45) is 0 Å². The number of halogens is 1. The lowest BCUT2D eigenvalue weighted by Crippen LogP contribution is -2.29. The van der Waals surface area contributed by atoms with Crippen molar-refractivity contribution in [1.82, 2.24) is 14.9 Å². The SMILES string of the molecule is COc1ccc2[nH]cc(CCNC(=O)Cn3ccc4ccc(Br)cc43)c2c1. The molecule has 0 unspecified atom stereocenters. The van der Waals surface area contributed by atoms with Crippen LogP contribution < -0.4 is 10.1 Å². The molecule has 0 spiro atoms. The molecule has 2 N–H and O–H groups in total. The van der Waals surface area contributed by atoms with Crippen molar-refractivity contribution in [3.63, 3.8) is 0 Å². The Labute approximate surface area is 165 Å². The number of hydrogen-bond donors (Lipinski definition) is 2. The number of hydrogen-bond acceptors (Lipinski definition) is 2. The highest BCUT2D eigenvalue weighted by molar-refractivity contribution is 9.10. The first kappa shape index (κ1) is 17.7. The number of ether oxygens (including phenoxy) is 1. The summed E-state index contributed by atoms with van der Waals surface area (Å²) in [5.74, 6) is 0.836. The fourth-order valence-corrected chi connectivity index (χ4v) is 3.68. The summed E-state index contributed by atoms with van der Waals surface area (Å²) in [6.07, 6.45) is 4.70. The summed E-state index contributed by atoms with van der Waals surface area (Å²) in [5.41, 5.74) is 3.28. The second kappa shape index (κ2) is 7.48. The monoisotopic (exact) mass is 425 g/mol. The van der Waals surface area contributed by atoms with Gasteiger partial charge in [-0.2, -0.15) is 0 Å². The quantitative estimate of drug-likeness (QED) is 0.484. The summed E-state index contributed by atoms with van der Waals surface area (Å²) in [5, 5.41) is 5.27. The average Bonchev–Trinajstić information content (AvgIpc) is 3.25. The summed E-state index contributed by atoms with van der Waals surface area (Å²) in [7, 11) is 1.66. The molecule has 27 heavy (non-hydrogen) atoms. The molecule has 0 aliphatic carbocycles. The molecule has 0 saturated carbocycles. The van der Waals surface area contributed by atoms with E-state index in [0.29, 0.717) is 13.1 Å². The van der Waals surface area contributed by atoms with E-state index in [9.17, 15) is 4.79 Å². The van der Waals surface area contributed by atoms with Crippen LogP contribution in [-0.2, 0) is 17.8 Å². The molecule has 2 aromatic heterocycles. The third kappa shape index (κ3) is 3.71. The number of fused-ring (bicyclic) bond motifs is 2. The molecular formula is C21H20BrN3O2.